The first-order valence-electron chi connectivity index (χ1n) is 15.7. The van der Waals surface area contributed by atoms with E-state index >= 15 is 0 Å². The third-order valence-corrected chi connectivity index (χ3v) is 10.1. The minimum atomic E-state index is -3.62. The number of hydrogen-bond donors (Lipinski definition) is 1. The van der Waals surface area contributed by atoms with E-state index in [-0.39, 0.29) is 0 Å². The van der Waals surface area contributed by atoms with E-state index < -0.39 is 21.2 Å². The molecule has 228 valence electrons. The average molecular weight is 595 g/mol. The second-order valence-electron chi connectivity index (χ2n) is 11.1. The molecule has 2 heterocycles. The molecule has 6 nitrogen and oxygen atoms in total. The summed E-state index contributed by atoms with van der Waals surface area (Å²) in [4.78, 5) is 6.01. The summed E-state index contributed by atoms with van der Waals surface area (Å²) >= 11 is 0. The molecule has 1 aromatic carbocycles. The highest BCUT2D eigenvalue weighted by molar-refractivity contribution is 7.90. The maximum atomic E-state index is 13.9. The number of halogens is 1. The first-order chi connectivity index (χ1) is 20.5. The number of pyridine rings is 1. The molecule has 8 heteroatoms. The number of nitrogens with zero attached hydrogens (tertiary/aromatic N) is 3. The van der Waals surface area contributed by atoms with Gasteiger partial charge in [-0.05, 0) is 80.9 Å². The van der Waals surface area contributed by atoms with Gasteiger partial charge in [-0.2, -0.15) is 4.39 Å². The Kier molecular flexibility index (Phi) is 12.3. The van der Waals surface area contributed by atoms with Gasteiger partial charge in [0.15, 0.2) is 0 Å². The highest BCUT2D eigenvalue weighted by Gasteiger charge is 2.27. The lowest BCUT2D eigenvalue weighted by molar-refractivity contribution is 0.250. The van der Waals surface area contributed by atoms with E-state index in [9.17, 15) is 12.8 Å². The van der Waals surface area contributed by atoms with Crippen molar-refractivity contribution < 1.29 is 12.8 Å². The van der Waals surface area contributed by atoms with Crippen LogP contribution in [0.15, 0.2) is 73.1 Å². The van der Waals surface area contributed by atoms with Gasteiger partial charge in [0.25, 0.3) is 0 Å². The molecule has 2 aliphatic rings. The van der Waals surface area contributed by atoms with Crippen LogP contribution in [0.25, 0.3) is 10.9 Å². The van der Waals surface area contributed by atoms with Gasteiger partial charge in [-0.15, -0.1) is 0 Å². The summed E-state index contributed by atoms with van der Waals surface area (Å²) in [6.07, 6.45) is 20.8. The average Bonchev–Trinajstić information content (AvgIpc) is 3.16. The predicted octanol–water partition coefficient (Wildman–Crippen LogP) is 7.36. The van der Waals surface area contributed by atoms with Gasteiger partial charge in [0.2, 0.25) is 16.0 Å². The van der Waals surface area contributed by atoms with Crippen molar-refractivity contribution in [2.45, 2.75) is 96.0 Å². The maximum Gasteiger partial charge on any atom is 0.245 e. The normalized spacial score (nSPS) is 17.8. The number of fused-ring (bicyclic) bond motifs is 1. The van der Waals surface area contributed by atoms with E-state index in [4.69, 9.17) is 0 Å². The molecule has 0 saturated heterocycles. The third kappa shape index (κ3) is 8.62. The smallest absolute Gasteiger partial charge is 0.245 e. The van der Waals surface area contributed by atoms with Crippen molar-refractivity contribution in [2.24, 2.45) is 0 Å². The summed E-state index contributed by atoms with van der Waals surface area (Å²) in [7, 11) is -3.62. The molecule has 0 spiro atoms. The molecular weight excluding hydrogens is 547 g/mol. The topological polar surface area (TPSA) is 67.2 Å². The fraction of sp³-hybridized carbons (Fsp3) is 0.500. The summed E-state index contributed by atoms with van der Waals surface area (Å²) < 4.78 is 42.9. The number of unbranched alkanes of at least 4 members (excludes halogenated alkanes) is 1. The number of allylic oxidation sites excluding steroid dienone is 3. The Hall–Kier alpha value is -2.81. The number of benzene rings is 1. The summed E-state index contributed by atoms with van der Waals surface area (Å²) in [5.74, 6) is -0.484. The van der Waals surface area contributed by atoms with E-state index in [1.54, 1.807) is 12.3 Å². The zero-order chi connectivity index (χ0) is 29.8. The van der Waals surface area contributed by atoms with Crippen LogP contribution in [0.3, 0.4) is 0 Å². The predicted molar refractivity (Wildman–Crippen MR) is 171 cm³/mol. The van der Waals surface area contributed by atoms with Crippen molar-refractivity contribution in [3.05, 3.63) is 90.2 Å². The van der Waals surface area contributed by atoms with E-state index in [1.165, 1.54) is 48.3 Å². The molecule has 0 aliphatic heterocycles. The lowest BCUT2D eigenvalue weighted by Crippen LogP contribution is -2.32. The molecule has 1 atom stereocenters. The lowest BCUT2D eigenvalue weighted by atomic mass is 9.95. The first kappa shape index (κ1) is 32.1. The van der Waals surface area contributed by atoms with Gasteiger partial charge < -0.3 is 5.32 Å². The van der Waals surface area contributed by atoms with E-state index in [0.29, 0.717) is 31.1 Å². The molecule has 42 heavy (non-hydrogen) atoms. The summed E-state index contributed by atoms with van der Waals surface area (Å²) in [5.41, 5.74) is 2.53. The molecule has 2 aliphatic carbocycles. The van der Waals surface area contributed by atoms with Crippen LogP contribution in [-0.2, 0) is 23.1 Å². The largest absolute Gasteiger partial charge is 0.314 e. The van der Waals surface area contributed by atoms with E-state index in [0.717, 1.165) is 48.9 Å². The zero-order valence-corrected chi connectivity index (χ0v) is 26.0. The minimum Gasteiger partial charge on any atom is -0.314 e. The van der Waals surface area contributed by atoms with Crippen LogP contribution in [-0.4, -0.2) is 46.7 Å². The Morgan fingerprint density at radius 1 is 1.02 bits per heavy atom. The van der Waals surface area contributed by atoms with Crippen LogP contribution < -0.4 is 5.32 Å². The molecule has 0 bridgehead atoms. The van der Waals surface area contributed by atoms with Gasteiger partial charge in [0.05, 0.1) is 10.8 Å². The number of aromatic nitrogens is 2. The Bertz CT molecular complexity index is 1430. The third-order valence-electron chi connectivity index (χ3n) is 8.14. The monoisotopic (exact) mass is 594 g/mol. The summed E-state index contributed by atoms with van der Waals surface area (Å²) in [5, 5.41) is 4.09. The fourth-order valence-corrected chi connectivity index (χ4v) is 7.72. The number of hydrogen-bond acceptors (Lipinski definition) is 5. The highest BCUT2D eigenvalue weighted by Crippen LogP contribution is 2.28. The van der Waals surface area contributed by atoms with E-state index in [1.807, 2.05) is 62.4 Å². The van der Waals surface area contributed by atoms with Crippen LogP contribution in [0.2, 0.25) is 0 Å². The minimum absolute atomic E-state index is 0.484. The van der Waals surface area contributed by atoms with Crippen molar-refractivity contribution in [1.29, 1.82) is 0 Å². The molecule has 1 N–H and O–H groups in total. The van der Waals surface area contributed by atoms with Crippen molar-refractivity contribution in [2.75, 3.05) is 13.1 Å². The standard InChI is InChI=1S/C32H41FN4O2S.C2H6/c33-32-22-26(18-20-35-32)23-36(21-11-10-19-34-28-12-4-3-5-13-28)24-27-25-37(31-17-9-8-16-30(27)31)40(38,39)29-14-6-1-2-7-15-29;1-2/h1-2,6,8-9,14,16-18,20,22,25,28-29,34H,3-5,7,10-13,15,19,21,23-24H2;1-2H3. The highest BCUT2D eigenvalue weighted by atomic mass is 32.2. The molecule has 1 saturated carbocycles. The SMILES string of the molecule is CC.O=S(=O)(C1C=CC=CCC1)n1cc(CN(CCCCNC2CCCCC2)Cc2ccnc(F)c2)c2ccccc21. The van der Waals surface area contributed by atoms with Gasteiger partial charge in [-0.1, -0.05) is 75.6 Å². The molecule has 0 radical (unpaired) electrons. The molecule has 1 fully saturated rings. The fourth-order valence-electron chi connectivity index (χ4n) is 6.00. The van der Waals surface area contributed by atoms with Crippen molar-refractivity contribution >= 4 is 20.9 Å². The van der Waals surface area contributed by atoms with Crippen LogP contribution in [0.1, 0.15) is 82.8 Å². The van der Waals surface area contributed by atoms with Gasteiger partial charge in [-0.3, -0.25) is 4.90 Å². The second kappa shape index (κ2) is 16.1. The Balaban J connectivity index is 0.00000198. The Morgan fingerprint density at radius 2 is 1.83 bits per heavy atom. The second-order valence-corrected chi connectivity index (χ2v) is 13.2. The Morgan fingerprint density at radius 3 is 2.64 bits per heavy atom. The van der Waals surface area contributed by atoms with Gasteiger partial charge in [-0.25, -0.2) is 17.4 Å². The number of para-hydroxylation sites is 1. The Labute approximate surface area is 251 Å². The van der Waals surface area contributed by atoms with Crippen LogP contribution in [0.5, 0.6) is 0 Å². The molecule has 5 rings (SSSR count). The van der Waals surface area contributed by atoms with Crippen molar-refractivity contribution in [3.63, 3.8) is 0 Å². The number of nitrogens with one attached hydrogen (secondary N) is 1. The van der Waals surface area contributed by atoms with Crippen LogP contribution in [0, 0.1) is 5.95 Å². The van der Waals surface area contributed by atoms with Gasteiger partial charge in [0.1, 0.15) is 0 Å². The molecular formula is C34H47FN4O2S. The number of rotatable bonds is 12. The van der Waals surface area contributed by atoms with Crippen LogP contribution in [0.4, 0.5) is 4.39 Å². The summed E-state index contributed by atoms with van der Waals surface area (Å²) in [6.45, 7) is 6.98. The molecule has 1 unspecified atom stereocenters. The quantitative estimate of drug-likeness (QED) is 0.175. The zero-order valence-electron chi connectivity index (χ0n) is 25.2. The van der Waals surface area contributed by atoms with Crippen molar-refractivity contribution in [1.82, 2.24) is 19.2 Å². The molecule has 3 aromatic rings. The lowest BCUT2D eigenvalue weighted by Gasteiger charge is -2.24. The van der Waals surface area contributed by atoms with E-state index in [2.05, 4.69) is 15.2 Å². The molecule has 0 amide bonds. The molecule has 2 aromatic heterocycles. The van der Waals surface area contributed by atoms with Gasteiger partial charge >= 0.3 is 0 Å². The van der Waals surface area contributed by atoms with Crippen LogP contribution >= 0.6 is 0 Å². The van der Waals surface area contributed by atoms with Gasteiger partial charge in [0, 0.05) is 36.9 Å². The summed E-state index contributed by atoms with van der Waals surface area (Å²) in [6, 6.07) is 11.7. The first-order valence-corrected chi connectivity index (χ1v) is 17.2. The maximum absolute atomic E-state index is 13.9. The van der Waals surface area contributed by atoms with Crippen molar-refractivity contribution in [3.8, 4) is 0 Å².